The Balaban J connectivity index is 1.86. The first-order valence-electron chi connectivity index (χ1n) is 7.20. The number of fused-ring (bicyclic) bond motifs is 1. The molecule has 0 spiro atoms. The van der Waals surface area contributed by atoms with Crippen molar-refractivity contribution in [1.82, 2.24) is 4.90 Å². The number of nitrogens with zero attached hydrogens (tertiary/aromatic N) is 1. The van der Waals surface area contributed by atoms with Crippen LogP contribution in [0.25, 0.3) is 11.0 Å². The molecular formula is C16H20N2O2. The molecule has 1 amide bonds. The van der Waals surface area contributed by atoms with E-state index in [4.69, 9.17) is 10.2 Å². The number of hydrogen-bond donors (Lipinski definition) is 1. The molecule has 0 atom stereocenters. The van der Waals surface area contributed by atoms with Crippen molar-refractivity contribution in [3.05, 3.63) is 35.6 Å². The van der Waals surface area contributed by atoms with Crippen LogP contribution in [0.1, 0.15) is 35.4 Å². The van der Waals surface area contributed by atoms with Gasteiger partial charge >= 0.3 is 0 Å². The minimum absolute atomic E-state index is 0.00481. The highest BCUT2D eigenvalue weighted by Crippen LogP contribution is 2.30. The first-order chi connectivity index (χ1) is 9.69. The molecule has 0 bridgehead atoms. The van der Waals surface area contributed by atoms with Gasteiger partial charge in [-0.3, -0.25) is 4.79 Å². The van der Waals surface area contributed by atoms with Gasteiger partial charge in [0.1, 0.15) is 5.58 Å². The molecule has 1 aromatic carbocycles. The average Bonchev–Trinajstić information content (AvgIpc) is 3.18. The molecule has 4 nitrogen and oxygen atoms in total. The Morgan fingerprint density at radius 3 is 2.90 bits per heavy atom. The Morgan fingerprint density at radius 2 is 2.20 bits per heavy atom. The van der Waals surface area contributed by atoms with Crippen molar-refractivity contribution in [3.63, 3.8) is 0 Å². The third kappa shape index (κ3) is 2.56. The molecule has 1 aliphatic rings. The molecule has 0 aliphatic heterocycles. The average molecular weight is 272 g/mol. The summed E-state index contributed by atoms with van der Waals surface area (Å²) in [5.41, 5.74) is 7.49. The van der Waals surface area contributed by atoms with Gasteiger partial charge in [0.15, 0.2) is 5.76 Å². The number of benzene rings is 1. The van der Waals surface area contributed by atoms with Crippen LogP contribution in [0.2, 0.25) is 0 Å². The molecular weight excluding hydrogens is 252 g/mol. The zero-order chi connectivity index (χ0) is 14.1. The minimum atomic E-state index is -0.00481. The normalized spacial score (nSPS) is 14.7. The second-order valence-electron chi connectivity index (χ2n) is 5.52. The zero-order valence-corrected chi connectivity index (χ0v) is 11.8. The molecule has 1 aliphatic carbocycles. The minimum Gasteiger partial charge on any atom is -0.451 e. The number of aryl methyl sites for hydroxylation is 1. The van der Waals surface area contributed by atoms with Crippen molar-refractivity contribution in [1.29, 1.82) is 0 Å². The van der Waals surface area contributed by atoms with E-state index in [2.05, 4.69) is 0 Å². The highest BCUT2D eigenvalue weighted by molar-refractivity contribution is 5.96. The standard InChI is InChI=1S/C16H20N2O2/c1-11-3-6-14-12(9-11)10-15(20-14)16(19)18(8-2-7-17)13-4-5-13/h3,6,9-10,13H,2,4-5,7-8,17H2,1H3. The highest BCUT2D eigenvalue weighted by atomic mass is 16.3. The summed E-state index contributed by atoms with van der Waals surface area (Å²) in [6.07, 6.45) is 3.02. The van der Waals surface area contributed by atoms with Crippen molar-refractivity contribution in [2.45, 2.75) is 32.2 Å². The summed E-state index contributed by atoms with van der Waals surface area (Å²) in [6, 6.07) is 8.18. The van der Waals surface area contributed by atoms with Crippen molar-refractivity contribution in [2.75, 3.05) is 13.1 Å². The third-order valence-corrected chi connectivity index (χ3v) is 3.73. The topological polar surface area (TPSA) is 59.5 Å². The van der Waals surface area contributed by atoms with E-state index in [1.165, 1.54) is 5.56 Å². The molecule has 0 unspecified atom stereocenters. The molecule has 1 aromatic heterocycles. The summed E-state index contributed by atoms with van der Waals surface area (Å²) < 4.78 is 5.70. The van der Waals surface area contributed by atoms with E-state index in [1.54, 1.807) is 0 Å². The first-order valence-corrected chi connectivity index (χ1v) is 7.20. The van der Waals surface area contributed by atoms with Gasteiger partial charge in [-0.25, -0.2) is 0 Å². The van der Waals surface area contributed by atoms with E-state index in [0.717, 1.165) is 36.8 Å². The van der Waals surface area contributed by atoms with Crippen LogP contribution >= 0.6 is 0 Å². The fourth-order valence-corrected chi connectivity index (χ4v) is 2.51. The van der Waals surface area contributed by atoms with E-state index in [9.17, 15) is 4.79 Å². The van der Waals surface area contributed by atoms with Crippen LogP contribution in [-0.2, 0) is 0 Å². The highest BCUT2D eigenvalue weighted by Gasteiger charge is 2.33. The molecule has 20 heavy (non-hydrogen) atoms. The quantitative estimate of drug-likeness (QED) is 0.910. The molecule has 106 valence electrons. The van der Waals surface area contributed by atoms with Crippen LogP contribution < -0.4 is 5.73 Å². The lowest BCUT2D eigenvalue weighted by molar-refractivity contribution is 0.0712. The van der Waals surface area contributed by atoms with Crippen LogP contribution in [0.4, 0.5) is 0 Å². The van der Waals surface area contributed by atoms with Gasteiger partial charge in [0.05, 0.1) is 0 Å². The van der Waals surface area contributed by atoms with Crippen molar-refractivity contribution in [2.24, 2.45) is 5.73 Å². The predicted molar refractivity (Wildman–Crippen MR) is 78.7 cm³/mol. The lowest BCUT2D eigenvalue weighted by atomic mass is 10.2. The second kappa shape index (κ2) is 5.29. The fourth-order valence-electron chi connectivity index (χ4n) is 2.51. The largest absolute Gasteiger partial charge is 0.451 e. The van der Waals surface area contributed by atoms with E-state index >= 15 is 0 Å². The van der Waals surface area contributed by atoms with Crippen molar-refractivity contribution < 1.29 is 9.21 Å². The van der Waals surface area contributed by atoms with Crippen LogP contribution in [0, 0.1) is 6.92 Å². The van der Waals surface area contributed by atoms with Crippen molar-refractivity contribution >= 4 is 16.9 Å². The number of amides is 1. The molecule has 3 rings (SSSR count). The van der Waals surface area contributed by atoms with Gasteiger partial charge in [0.25, 0.3) is 5.91 Å². The zero-order valence-electron chi connectivity index (χ0n) is 11.8. The molecule has 1 heterocycles. The Labute approximate surface area is 118 Å². The molecule has 0 saturated heterocycles. The monoisotopic (exact) mass is 272 g/mol. The van der Waals surface area contributed by atoms with Crippen molar-refractivity contribution in [3.8, 4) is 0 Å². The fraction of sp³-hybridized carbons (Fsp3) is 0.438. The summed E-state index contributed by atoms with van der Waals surface area (Å²) >= 11 is 0. The SMILES string of the molecule is Cc1ccc2oc(C(=O)N(CCCN)C3CC3)cc2c1. The molecule has 0 radical (unpaired) electrons. The Bertz CT molecular complexity index is 628. The summed E-state index contributed by atoms with van der Waals surface area (Å²) in [5, 5.41) is 0.989. The van der Waals surface area contributed by atoms with Crippen LogP contribution in [-0.4, -0.2) is 29.9 Å². The van der Waals surface area contributed by atoms with E-state index < -0.39 is 0 Å². The van der Waals surface area contributed by atoms with E-state index in [1.807, 2.05) is 36.1 Å². The van der Waals surface area contributed by atoms with Gasteiger partial charge in [0, 0.05) is 18.0 Å². The summed E-state index contributed by atoms with van der Waals surface area (Å²) in [5.74, 6) is 0.435. The van der Waals surface area contributed by atoms with Crippen LogP contribution in [0.15, 0.2) is 28.7 Å². The lowest BCUT2D eigenvalue weighted by Crippen LogP contribution is -2.34. The number of carbonyl (C=O) groups is 1. The molecule has 4 heteroatoms. The maximum Gasteiger partial charge on any atom is 0.289 e. The second-order valence-corrected chi connectivity index (χ2v) is 5.52. The lowest BCUT2D eigenvalue weighted by Gasteiger charge is -2.20. The number of hydrogen-bond acceptors (Lipinski definition) is 3. The first kappa shape index (κ1) is 13.2. The number of furan rings is 1. The smallest absolute Gasteiger partial charge is 0.289 e. The van der Waals surface area contributed by atoms with Crippen LogP contribution in [0.5, 0.6) is 0 Å². The number of nitrogens with two attached hydrogens (primary N) is 1. The van der Waals surface area contributed by atoms with E-state index in [0.29, 0.717) is 18.3 Å². The maximum atomic E-state index is 12.6. The Kier molecular flexibility index (Phi) is 3.49. The van der Waals surface area contributed by atoms with Gasteiger partial charge < -0.3 is 15.1 Å². The molecule has 2 N–H and O–H groups in total. The maximum absolute atomic E-state index is 12.6. The molecule has 1 fully saturated rings. The Morgan fingerprint density at radius 1 is 1.40 bits per heavy atom. The van der Waals surface area contributed by atoms with Gasteiger partial charge in [-0.1, -0.05) is 11.6 Å². The predicted octanol–water partition coefficient (Wildman–Crippen LogP) is 2.69. The van der Waals surface area contributed by atoms with Gasteiger partial charge in [-0.2, -0.15) is 0 Å². The van der Waals surface area contributed by atoms with Gasteiger partial charge in [-0.15, -0.1) is 0 Å². The summed E-state index contributed by atoms with van der Waals surface area (Å²) in [6.45, 7) is 3.36. The summed E-state index contributed by atoms with van der Waals surface area (Å²) in [7, 11) is 0. The number of rotatable bonds is 5. The summed E-state index contributed by atoms with van der Waals surface area (Å²) in [4.78, 5) is 14.5. The van der Waals surface area contributed by atoms with Crippen LogP contribution in [0.3, 0.4) is 0 Å². The van der Waals surface area contributed by atoms with Gasteiger partial charge in [-0.05, 0) is 50.9 Å². The number of carbonyl (C=O) groups excluding carboxylic acids is 1. The molecule has 2 aromatic rings. The Hall–Kier alpha value is -1.81. The van der Waals surface area contributed by atoms with Gasteiger partial charge in [0.2, 0.25) is 0 Å². The third-order valence-electron chi connectivity index (χ3n) is 3.73. The molecule has 1 saturated carbocycles. The van der Waals surface area contributed by atoms with E-state index in [-0.39, 0.29) is 5.91 Å².